The van der Waals surface area contributed by atoms with E-state index in [0.29, 0.717) is 0 Å². The number of nitrogens with one attached hydrogen (secondary N) is 1. The summed E-state index contributed by atoms with van der Waals surface area (Å²) in [7, 11) is 0. The van der Waals surface area contributed by atoms with Gasteiger partial charge in [0, 0.05) is 27.2 Å². The molecule has 0 unspecified atom stereocenters. The molecule has 0 bridgehead atoms. The van der Waals surface area contributed by atoms with E-state index < -0.39 is 0 Å². The van der Waals surface area contributed by atoms with Gasteiger partial charge < -0.3 is 9.55 Å². The summed E-state index contributed by atoms with van der Waals surface area (Å²) >= 11 is 0. The van der Waals surface area contributed by atoms with Crippen LogP contribution in [-0.4, -0.2) is 19.1 Å². The summed E-state index contributed by atoms with van der Waals surface area (Å²) in [4.78, 5) is 8.46. The SMILES string of the molecule is c1ccc(-n2c3ccccc3c3cc(-c4ccc5c(c4)c4ccccc4n5-c4nc5ccccc5[nH]4)ccc32)cc1. The Bertz CT molecular complexity index is 2390. The van der Waals surface area contributed by atoms with E-state index in [9.17, 15) is 0 Å². The predicted octanol–water partition coefficient (Wildman–Crippen LogP) is 9.42. The Kier molecular flexibility index (Phi) is 4.58. The van der Waals surface area contributed by atoms with Crippen molar-refractivity contribution in [3.8, 4) is 22.8 Å². The number of aromatic nitrogens is 4. The van der Waals surface area contributed by atoms with Gasteiger partial charge in [-0.15, -0.1) is 0 Å². The van der Waals surface area contributed by atoms with Gasteiger partial charge in [0.15, 0.2) is 0 Å². The summed E-state index contributed by atoms with van der Waals surface area (Å²) in [6, 6.07) is 49.7. The van der Waals surface area contributed by atoms with Gasteiger partial charge in [-0.25, -0.2) is 4.98 Å². The number of aromatic amines is 1. The molecule has 0 aliphatic rings. The summed E-state index contributed by atoms with van der Waals surface area (Å²) in [5.74, 6) is 0.834. The third-order valence-electron chi connectivity index (χ3n) is 8.28. The van der Waals surface area contributed by atoms with Crippen molar-refractivity contribution in [3.05, 3.63) is 140 Å². The van der Waals surface area contributed by atoms with E-state index in [1.807, 2.05) is 18.2 Å². The zero-order valence-corrected chi connectivity index (χ0v) is 22.1. The lowest BCUT2D eigenvalue weighted by Crippen LogP contribution is -1.96. The Morgan fingerprint density at radius 3 is 1.66 bits per heavy atom. The second kappa shape index (κ2) is 8.44. The lowest BCUT2D eigenvalue weighted by molar-refractivity contribution is 1.05. The Hall–Kier alpha value is -5.61. The third kappa shape index (κ3) is 3.25. The molecule has 0 saturated carbocycles. The van der Waals surface area contributed by atoms with Gasteiger partial charge in [0.25, 0.3) is 0 Å². The largest absolute Gasteiger partial charge is 0.323 e. The maximum Gasteiger partial charge on any atom is 0.213 e. The Morgan fingerprint density at radius 2 is 0.976 bits per heavy atom. The first kappa shape index (κ1) is 22.2. The second-order valence-corrected chi connectivity index (χ2v) is 10.6. The van der Waals surface area contributed by atoms with E-state index in [1.54, 1.807) is 0 Å². The molecule has 4 heteroatoms. The van der Waals surface area contributed by atoms with Crippen LogP contribution in [0.2, 0.25) is 0 Å². The topological polar surface area (TPSA) is 38.5 Å². The van der Waals surface area contributed by atoms with Crippen molar-refractivity contribution >= 4 is 54.6 Å². The third-order valence-corrected chi connectivity index (χ3v) is 8.28. The summed E-state index contributed by atoms with van der Waals surface area (Å²) in [5.41, 5.74) is 10.3. The number of benzene rings is 6. The number of imidazole rings is 1. The van der Waals surface area contributed by atoms with Gasteiger partial charge in [0.1, 0.15) is 0 Å². The molecule has 9 rings (SSSR count). The number of para-hydroxylation sites is 5. The lowest BCUT2D eigenvalue weighted by Gasteiger charge is -2.08. The molecule has 3 heterocycles. The van der Waals surface area contributed by atoms with Gasteiger partial charge in [-0.05, 0) is 71.8 Å². The van der Waals surface area contributed by atoms with E-state index in [1.165, 1.54) is 49.4 Å². The highest BCUT2D eigenvalue weighted by atomic mass is 15.2. The first-order chi connectivity index (χ1) is 20.3. The van der Waals surface area contributed by atoms with Crippen molar-refractivity contribution in [2.24, 2.45) is 0 Å². The average Bonchev–Trinajstić information content (AvgIpc) is 3.70. The molecule has 9 aromatic rings. The first-order valence-electron chi connectivity index (χ1n) is 13.9. The zero-order chi connectivity index (χ0) is 26.9. The van der Waals surface area contributed by atoms with Gasteiger partial charge >= 0.3 is 0 Å². The molecule has 1 N–H and O–H groups in total. The monoisotopic (exact) mass is 524 g/mol. The minimum absolute atomic E-state index is 0.834. The zero-order valence-electron chi connectivity index (χ0n) is 22.1. The van der Waals surface area contributed by atoms with Crippen molar-refractivity contribution in [3.63, 3.8) is 0 Å². The molecular formula is C37H24N4. The number of fused-ring (bicyclic) bond motifs is 7. The second-order valence-electron chi connectivity index (χ2n) is 10.6. The molecule has 0 aliphatic carbocycles. The predicted molar refractivity (Wildman–Crippen MR) is 170 cm³/mol. The summed E-state index contributed by atoms with van der Waals surface area (Å²) in [6.07, 6.45) is 0. The minimum Gasteiger partial charge on any atom is -0.323 e. The lowest BCUT2D eigenvalue weighted by atomic mass is 10.0. The first-order valence-corrected chi connectivity index (χ1v) is 13.9. The van der Waals surface area contributed by atoms with E-state index in [-0.39, 0.29) is 0 Å². The molecular weight excluding hydrogens is 500 g/mol. The van der Waals surface area contributed by atoms with Gasteiger partial charge in [-0.1, -0.05) is 78.9 Å². The van der Waals surface area contributed by atoms with Crippen LogP contribution in [0.25, 0.3) is 77.4 Å². The number of H-pyrrole nitrogens is 1. The maximum absolute atomic E-state index is 4.93. The number of nitrogens with zero attached hydrogens (tertiary/aromatic N) is 3. The quantitative estimate of drug-likeness (QED) is 0.246. The van der Waals surface area contributed by atoms with Crippen molar-refractivity contribution in [2.75, 3.05) is 0 Å². The van der Waals surface area contributed by atoms with E-state index in [2.05, 4.69) is 135 Å². The molecule has 0 spiro atoms. The fraction of sp³-hybridized carbons (Fsp3) is 0. The number of rotatable bonds is 3. The van der Waals surface area contributed by atoms with Gasteiger partial charge in [-0.3, -0.25) is 4.57 Å². The van der Waals surface area contributed by atoms with Gasteiger partial charge in [-0.2, -0.15) is 0 Å². The molecule has 3 aromatic heterocycles. The standard InChI is InChI=1S/C37H24N4/c1-2-10-26(11-3-1)40-33-16-8-4-12-27(33)29-22-24(18-20-35(29)40)25-19-21-36-30(23-25)28-13-5-9-17-34(28)41(36)37-38-31-14-6-7-15-32(31)39-37/h1-23H,(H,38,39). The number of hydrogen-bond donors (Lipinski definition) is 1. The van der Waals surface area contributed by atoms with Crippen LogP contribution < -0.4 is 0 Å². The molecule has 4 nitrogen and oxygen atoms in total. The number of hydrogen-bond acceptors (Lipinski definition) is 1. The van der Waals surface area contributed by atoms with E-state index in [4.69, 9.17) is 4.98 Å². The highest BCUT2D eigenvalue weighted by Crippen LogP contribution is 2.38. The fourth-order valence-electron chi connectivity index (χ4n) is 6.43. The molecule has 192 valence electrons. The van der Waals surface area contributed by atoms with Crippen LogP contribution in [0.4, 0.5) is 0 Å². The minimum atomic E-state index is 0.834. The molecule has 0 atom stereocenters. The summed E-state index contributed by atoms with van der Waals surface area (Å²) < 4.78 is 4.60. The van der Waals surface area contributed by atoms with Crippen LogP contribution in [-0.2, 0) is 0 Å². The Balaban J connectivity index is 1.26. The molecule has 0 amide bonds. The highest BCUT2D eigenvalue weighted by molar-refractivity contribution is 6.12. The van der Waals surface area contributed by atoms with Gasteiger partial charge in [0.05, 0.1) is 33.1 Å². The van der Waals surface area contributed by atoms with Crippen LogP contribution >= 0.6 is 0 Å². The van der Waals surface area contributed by atoms with Crippen LogP contribution in [0.3, 0.4) is 0 Å². The van der Waals surface area contributed by atoms with Crippen molar-refractivity contribution in [1.29, 1.82) is 0 Å². The molecule has 41 heavy (non-hydrogen) atoms. The molecule has 0 aliphatic heterocycles. The maximum atomic E-state index is 4.93. The van der Waals surface area contributed by atoms with Crippen molar-refractivity contribution < 1.29 is 0 Å². The molecule has 0 saturated heterocycles. The van der Waals surface area contributed by atoms with Crippen molar-refractivity contribution in [1.82, 2.24) is 19.1 Å². The molecule has 6 aromatic carbocycles. The fourth-order valence-corrected chi connectivity index (χ4v) is 6.43. The van der Waals surface area contributed by atoms with Crippen LogP contribution in [0.1, 0.15) is 0 Å². The Labute approximate surface area is 235 Å². The van der Waals surface area contributed by atoms with Crippen LogP contribution in [0.15, 0.2) is 140 Å². The smallest absolute Gasteiger partial charge is 0.213 e. The summed E-state index contributed by atoms with van der Waals surface area (Å²) in [6.45, 7) is 0. The van der Waals surface area contributed by atoms with Gasteiger partial charge in [0.2, 0.25) is 5.95 Å². The molecule has 0 radical (unpaired) electrons. The van der Waals surface area contributed by atoms with Crippen LogP contribution in [0, 0.1) is 0 Å². The summed E-state index contributed by atoms with van der Waals surface area (Å²) in [5, 5.41) is 4.94. The van der Waals surface area contributed by atoms with E-state index in [0.717, 1.165) is 28.0 Å². The Morgan fingerprint density at radius 1 is 0.439 bits per heavy atom. The van der Waals surface area contributed by atoms with Crippen molar-refractivity contribution in [2.45, 2.75) is 0 Å². The molecule has 0 fully saturated rings. The van der Waals surface area contributed by atoms with Crippen LogP contribution in [0.5, 0.6) is 0 Å². The normalized spacial score (nSPS) is 11.9. The van der Waals surface area contributed by atoms with E-state index >= 15 is 0 Å². The average molecular weight is 525 g/mol. The highest BCUT2D eigenvalue weighted by Gasteiger charge is 2.17.